The van der Waals surface area contributed by atoms with Gasteiger partial charge in [-0.2, -0.15) is 0 Å². The van der Waals surface area contributed by atoms with Gasteiger partial charge in [0, 0.05) is 24.3 Å². The second-order valence-corrected chi connectivity index (χ2v) is 4.32. The number of nitrogens with zero attached hydrogens (tertiary/aromatic N) is 1. The minimum Gasteiger partial charge on any atom is -0.328 e. The lowest BCUT2D eigenvalue weighted by atomic mass is 10.1. The second kappa shape index (κ2) is 4.48. The van der Waals surface area contributed by atoms with E-state index in [9.17, 15) is 4.79 Å². The molecule has 4 heteroatoms. The van der Waals surface area contributed by atoms with Gasteiger partial charge in [0.05, 0.1) is 10.7 Å². The zero-order valence-corrected chi connectivity index (χ0v) is 8.73. The number of aryl methyl sites for hydroxylation is 1. The molecule has 0 saturated carbocycles. The fourth-order valence-corrected chi connectivity index (χ4v) is 1.74. The molecule has 1 aromatic rings. The molecule has 2 N–H and O–H groups in total. The molecule has 1 unspecified atom stereocenters. The molecule has 0 bridgehead atoms. The molecule has 1 aromatic heterocycles. The van der Waals surface area contributed by atoms with E-state index in [0.29, 0.717) is 12.8 Å². The van der Waals surface area contributed by atoms with Crippen LogP contribution in [0.3, 0.4) is 0 Å². The molecule has 0 spiro atoms. The van der Waals surface area contributed by atoms with Gasteiger partial charge in [-0.05, 0) is 13.8 Å². The first-order chi connectivity index (χ1) is 6.08. The van der Waals surface area contributed by atoms with Crippen LogP contribution in [0.1, 0.15) is 24.0 Å². The van der Waals surface area contributed by atoms with Crippen molar-refractivity contribution in [1.29, 1.82) is 0 Å². The highest BCUT2D eigenvalue weighted by atomic mass is 32.1. The summed E-state index contributed by atoms with van der Waals surface area (Å²) in [5, 5.41) is 2.93. The summed E-state index contributed by atoms with van der Waals surface area (Å²) < 4.78 is 0. The van der Waals surface area contributed by atoms with Crippen molar-refractivity contribution in [2.24, 2.45) is 5.73 Å². The van der Waals surface area contributed by atoms with E-state index in [1.165, 1.54) is 0 Å². The molecule has 1 heterocycles. The van der Waals surface area contributed by atoms with E-state index in [1.807, 2.05) is 19.2 Å². The summed E-state index contributed by atoms with van der Waals surface area (Å²) >= 11 is 1.57. The number of Topliss-reactive ketones (excluding diaryl/α,β-unsaturated/α-hetero) is 1. The van der Waals surface area contributed by atoms with Crippen molar-refractivity contribution in [3.8, 4) is 0 Å². The van der Waals surface area contributed by atoms with Gasteiger partial charge in [-0.25, -0.2) is 4.98 Å². The quantitative estimate of drug-likeness (QED) is 0.793. The van der Waals surface area contributed by atoms with Gasteiger partial charge >= 0.3 is 0 Å². The molecule has 13 heavy (non-hydrogen) atoms. The number of carbonyl (C=O) groups is 1. The largest absolute Gasteiger partial charge is 0.328 e. The van der Waals surface area contributed by atoms with Crippen molar-refractivity contribution in [3.05, 3.63) is 16.1 Å². The van der Waals surface area contributed by atoms with Gasteiger partial charge in [0.2, 0.25) is 0 Å². The Balaban J connectivity index is 2.45. The van der Waals surface area contributed by atoms with Gasteiger partial charge in [0.25, 0.3) is 0 Å². The van der Waals surface area contributed by atoms with Crippen LogP contribution < -0.4 is 5.73 Å². The van der Waals surface area contributed by atoms with E-state index in [2.05, 4.69) is 4.98 Å². The summed E-state index contributed by atoms with van der Waals surface area (Å²) in [7, 11) is 0. The lowest BCUT2D eigenvalue weighted by Crippen LogP contribution is -2.20. The van der Waals surface area contributed by atoms with Crippen LogP contribution in [0.25, 0.3) is 0 Å². The number of rotatable bonds is 4. The second-order valence-electron chi connectivity index (χ2n) is 3.25. The summed E-state index contributed by atoms with van der Waals surface area (Å²) in [5.41, 5.74) is 6.38. The average molecular weight is 198 g/mol. The Labute approximate surface area is 82.0 Å². The zero-order chi connectivity index (χ0) is 9.84. The molecular weight excluding hydrogens is 184 g/mol. The van der Waals surface area contributed by atoms with E-state index in [-0.39, 0.29) is 11.8 Å². The molecule has 0 amide bonds. The predicted molar refractivity (Wildman–Crippen MR) is 53.8 cm³/mol. The Morgan fingerprint density at radius 1 is 1.77 bits per heavy atom. The van der Waals surface area contributed by atoms with Gasteiger partial charge in [-0.1, -0.05) is 0 Å². The molecule has 1 rings (SSSR count). The summed E-state index contributed by atoms with van der Waals surface area (Å²) in [6, 6.07) is -0.0489. The van der Waals surface area contributed by atoms with Crippen molar-refractivity contribution in [2.45, 2.75) is 32.7 Å². The van der Waals surface area contributed by atoms with E-state index >= 15 is 0 Å². The number of hydrogen-bond donors (Lipinski definition) is 1. The molecule has 72 valence electrons. The minimum absolute atomic E-state index is 0.0489. The first-order valence-electron chi connectivity index (χ1n) is 4.26. The van der Waals surface area contributed by atoms with E-state index in [1.54, 1.807) is 11.3 Å². The third-order valence-corrected chi connectivity index (χ3v) is 2.42. The Morgan fingerprint density at radius 3 is 2.92 bits per heavy atom. The van der Waals surface area contributed by atoms with Crippen molar-refractivity contribution in [1.82, 2.24) is 4.98 Å². The number of nitrogens with two attached hydrogens (primary N) is 1. The van der Waals surface area contributed by atoms with Crippen LogP contribution in [0, 0.1) is 6.92 Å². The smallest absolute Gasteiger partial charge is 0.140 e. The highest BCUT2D eigenvalue weighted by molar-refractivity contribution is 7.09. The summed E-state index contributed by atoms with van der Waals surface area (Å²) in [5.74, 6) is 0.167. The fourth-order valence-electron chi connectivity index (χ4n) is 1.12. The molecule has 0 radical (unpaired) electrons. The standard InChI is InChI=1S/C9H14N2OS/c1-6(10)3-9(12)4-8-5-13-7(2)11-8/h5-6H,3-4,10H2,1-2H3. The summed E-state index contributed by atoms with van der Waals surface area (Å²) in [6.45, 7) is 3.77. The zero-order valence-electron chi connectivity index (χ0n) is 7.91. The van der Waals surface area contributed by atoms with Gasteiger partial charge < -0.3 is 5.73 Å². The van der Waals surface area contributed by atoms with E-state index < -0.39 is 0 Å². The van der Waals surface area contributed by atoms with Gasteiger partial charge in [0.15, 0.2) is 0 Å². The Morgan fingerprint density at radius 2 is 2.46 bits per heavy atom. The maximum Gasteiger partial charge on any atom is 0.140 e. The predicted octanol–water partition coefficient (Wildman–Crippen LogP) is 1.30. The highest BCUT2D eigenvalue weighted by Gasteiger charge is 2.08. The fraction of sp³-hybridized carbons (Fsp3) is 0.556. The van der Waals surface area contributed by atoms with Crippen molar-refractivity contribution >= 4 is 17.1 Å². The SMILES string of the molecule is Cc1nc(CC(=O)CC(C)N)cs1. The Kier molecular flexibility index (Phi) is 3.57. The van der Waals surface area contributed by atoms with Crippen LogP contribution >= 0.6 is 11.3 Å². The third-order valence-electron chi connectivity index (χ3n) is 1.59. The summed E-state index contributed by atoms with van der Waals surface area (Å²) in [6.07, 6.45) is 0.864. The van der Waals surface area contributed by atoms with Crippen LogP contribution in [0.15, 0.2) is 5.38 Å². The molecular formula is C9H14N2OS. The monoisotopic (exact) mass is 198 g/mol. The molecule has 0 fully saturated rings. The Hall–Kier alpha value is -0.740. The summed E-state index contributed by atoms with van der Waals surface area (Å²) in [4.78, 5) is 15.5. The maximum atomic E-state index is 11.3. The number of hydrogen-bond acceptors (Lipinski definition) is 4. The van der Waals surface area contributed by atoms with Gasteiger partial charge in [-0.15, -0.1) is 11.3 Å². The van der Waals surface area contributed by atoms with Crippen molar-refractivity contribution in [3.63, 3.8) is 0 Å². The topological polar surface area (TPSA) is 56.0 Å². The molecule has 1 atom stereocenters. The average Bonchev–Trinajstić information content (AvgIpc) is 2.33. The molecule has 3 nitrogen and oxygen atoms in total. The van der Waals surface area contributed by atoms with Crippen LogP contribution in [-0.4, -0.2) is 16.8 Å². The van der Waals surface area contributed by atoms with Crippen LogP contribution in [-0.2, 0) is 11.2 Å². The lowest BCUT2D eigenvalue weighted by molar-refractivity contribution is -0.118. The molecule has 0 saturated heterocycles. The normalized spacial score (nSPS) is 12.8. The highest BCUT2D eigenvalue weighted by Crippen LogP contribution is 2.09. The number of ketones is 1. The molecule has 0 aliphatic carbocycles. The number of thiazole rings is 1. The first kappa shape index (κ1) is 10.3. The van der Waals surface area contributed by atoms with Crippen LogP contribution in [0.5, 0.6) is 0 Å². The first-order valence-corrected chi connectivity index (χ1v) is 5.14. The molecule has 0 aliphatic rings. The number of carbonyl (C=O) groups excluding carboxylic acids is 1. The van der Waals surface area contributed by atoms with Crippen LogP contribution in [0.4, 0.5) is 0 Å². The Bertz CT molecular complexity index is 294. The van der Waals surface area contributed by atoms with Crippen molar-refractivity contribution < 1.29 is 4.79 Å². The van der Waals surface area contributed by atoms with E-state index in [4.69, 9.17) is 5.73 Å². The lowest BCUT2D eigenvalue weighted by Gasteiger charge is -2.01. The minimum atomic E-state index is -0.0489. The van der Waals surface area contributed by atoms with Crippen LogP contribution in [0.2, 0.25) is 0 Å². The number of aromatic nitrogens is 1. The molecule has 0 aromatic carbocycles. The van der Waals surface area contributed by atoms with Gasteiger partial charge in [0.1, 0.15) is 5.78 Å². The van der Waals surface area contributed by atoms with E-state index in [0.717, 1.165) is 10.7 Å². The van der Waals surface area contributed by atoms with Gasteiger partial charge in [-0.3, -0.25) is 4.79 Å². The maximum absolute atomic E-state index is 11.3. The third kappa shape index (κ3) is 3.65. The van der Waals surface area contributed by atoms with Crippen molar-refractivity contribution in [2.75, 3.05) is 0 Å². The molecule has 0 aliphatic heterocycles.